The van der Waals surface area contributed by atoms with Crippen LogP contribution < -0.4 is 0 Å². The largest absolute Gasteiger partial charge is 0.411 e. The summed E-state index contributed by atoms with van der Waals surface area (Å²) in [4.78, 5) is 3.80. The molecule has 0 aromatic carbocycles. The van der Waals surface area contributed by atoms with Gasteiger partial charge in [0.1, 0.15) is 18.8 Å². The van der Waals surface area contributed by atoms with Crippen molar-refractivity contribution < 1.29 is 17.9 Å². The Hall–Kier alpha value is -0.820. The molecule has 1 aromatic heterocycles. The molecule has 0 saturated carbocycles. The highest BCUT2D eigenvalue weighted by Crippen LogP contribution is 2.14. The molecule has 0 aliphatic rings. The molecule has 0 aliphatic heterocycles. The van der Waals surface area contributed by atoms with E-state index in [0.717, 1.165) is 0 Å². The van der Waals surface area contributed by atoms with Crippen LogP contribution in [-0.2, 0) is 17.2 Å². The van der Waals surface area contributed by atoms with Crippen LogP contribution in [0.15, 0.2) is 6.33 Å². The lowest BCUT2D eigenvalue weighted by atomic mass is 10.6. The van der Waals surface area contributed by atoms with E-state index >= 15 is 0 Å². The fraction of sp³-hybridized carbons (Fsp3) is 0.714. The monoisotopic (exact) mass is 243 g/mol. The highest BCUT2D eigenvalue weighted by molar-refractivity contribution is 6.16. The van der Waals surface area contributed by atoms with Crippen molar-refractivity contribution in [3.63, 3.8) is 0 Å². The van der Waals surface area contributed by atoms with E-state index in [1.54, 1.807) is 0 Å². The molecule has 0 bridgehead atoms. The van der Waals surface area contributed by atoms with Crippen LogP contribution in [0.2, 0.25) is 0 Å². The average Bonchev–Trinajstić information content (AvgIpc) is 2.58. The third-order valence-corrected chi connectivity index (χ3v) is 1.77. The molecule has 0 fully saturated rings. The van der Waals surface area contributed by atoms with Crippen LogP contribution in [0.3, 0.4) is 0 Å². The number of hydrogen-bond donors (Lipinski definition) is 0. The fourth-order valence-electron chi connectivity index (χ4n) is 0.917. The molecular weight excluding hydrogens is 235 g/mol. The number of aromatic nitrogens is 3. The van der Waals surface area contributed by atoms with Gasteiger partial charge in [0.25, 0.3) is 0 Å². The van der Waals surface area contributed by atoms with Crippen molar-refractivity contribution >= 4 is 11.6 Å². The Balaban J connectivity index is 2.26. The zero-order valence-corrected chi connectivity index (χ0v) is 8.42. The van der Waals surface area contributed by atoms with Gasteiger partial charge in [-0.05, 0) is 0 Å². The van der Waals surface area contributed by atoms with Crippen LogP contribution in [0.25, 0.3) is 0 Å². The highest BCUT2D eigenvalue weighted by Gasteiger charge is 2.27. The van der Waals surface area contributed by atoms with E-state index in [4.69, 9.17) is 11.6 Å². The maximum absolute atomic E-state index is 11.7. The molecule has 15 heavy (non-hydrogen) atoms. The molecule has 1 aromatic rings. The molecule has 4 nitrogen and oxygen atoms in total. The molecule has 0 unspecified atom stereocenters. The van der Waals surface area contributed by atoms with Gasteiger partial charge in [-0.2, -0.15) is 18.3 Å². The first-order chi connectivity index (χ1) is 7.03. The molecule has 0 N–H and O–H groups in total. The van der Waals surface area contributed by atoms with Gasteiger partial charge in [-0.25, -0.2) is 9.67 Å². The average molecular weight is 244 g/mol. The summed E-state index contributed by atoms with van der Waals surface area (Å²) in [5.41, 5.74) is 0. The van der Waals surface area contributed by atoms with Gasteiger partial charge >= 0.3 is 6.18 Å². The molecule has 0 radical (unpaired) electrons. The maximum atomic E-state index is 11.7. The predicted molar refractivity (Wildman–Crippen MR) is 46.5 cm³/mol. The van der Waals surface area contributed by atoms with Crippen molar-refractivity contribution in [3.05, 3.63) is 12.2 Å². The third-order valence-electron chi connectivity index (χ3n) is 1.53. The van der Waals surface area contributed by atoms with E-state index in [2.05, 4.69) is 14.8 Å². The first-order valence-electron chi connectivity index (χ1n) is 4.10. The lowest BCUT2D eigenvalue weighted by Crippen LogP contribution is -2.19. The lowest BCUT2D eigenvalue weighted by molar-refractivity contribution is -0.174. The van der Waals surface area contributed by atoms with Crippen molar-refractivity contribution in [2.45, 2.75) is 18.6 Å². The Kier molecular flexibility index (Phi) is 4.34. The fourth-order valence-corrected chi connectivity index (χ4v) is 1.12. The molecule has 8 heteroatoms. The second kappa shape index (κ2) is 5.32. The lowest BCUT2D eigenvalue weighted by Gasteiger charge is -2.08. The van der Waals surface area contributed by atoms with Crippen molar-refractivity contribution in [2.75, 3.05) is 13.2 Å². The number of nitrogens with zero attached hydrogens (tertiary/aromatic N) is 3. The third kappa shape index (κ3) is 4.48. The van der Waals surface area contributed by atoms with Gasteiger partial charge in [-0.15, -0.1) is 11.6 Å². The number of alkyl halides is 4. The summed E-state index contributed by atoms with van der Waals surface area (Å²) in [6.07, 6.45) is -3.00. The van der Waals surface area contributed by atoms with Crippen molar-refractivity contribution in [1.29, 1.82) is 0 Å². The van der Waals surface area contributed by atoms with E-state index in [1.807, 2.05) is 0 Å². The molecule has 0 amide bonds. The molecule has 1 rings (SSSR count). The molecular formula is C7H9ClF3N3O. The molecule has 0 spiro atoms. The highest BCUT2D eigenvalue weighted by atomic mass is 35.5. The molecule has 86 valence electrons. The maximum Gasteiger partial charge on any atom is 0.411 e. The minimum atomic E-state index is -4.29. The normalized spacial score (nSPS) is 12.0. The van der Waals surface area contributed by atoms with Gasteiger partial charge in [0, 0.05) is 0 Å². The van der Waals surface area contributed by atoms with E-state index < -0.39 is 12.8 Å². The molecule has 0 atom stereocenters. The number of halogens is 4. The number of rotatable bonds is 5. The van der Waals surface area contributed by atoms with E-state index in [9.17, 15) is 13.2 Å². The Morgan fingerprint density at radius 1 is 1.47 bits per heavy atom. The quantitative estimate of drug-likeness (QED) is 0.583. The number of hydrogen-bond acceptors (Lipinski definition) is 3. The summed E-state index contributed by atoms with van der Waals surface area (Å²) in [6, 6.07) is 0. The van der Waals surface area contributed by atoms with Gasteiger partial charge in [0.05, 0.1) is 19.0 Å². The summed E-state index contributed by atoms with van der Waals surface area (Å²) >= 11 is 5.51. The molecule has 0 saturated heterocycles. The van der Waals surface area contributed by atoms with E-state index in [1.165, 1.54) is 11.0 Å². The Morgan fingerprint density at radius 3 is 2.80 bits per heavy atom. The van der Waals surface area contributed by atoms with Crippen molar-refractivity contribution in [1.82, 2.24) is 14.8 Å². The van der Waals surface area contributed by atoms with E-state index in [0.29, 0.717) is 5.82 Å². The van der Waals surface area contributed by atoms with Gasteiger partial charge in [-0.1, -0.05) is 0 Å². The predicted octanol–water partition coefficient (Wildman–Crippen LogP) is 1.60. The van der Waals surface area contributed by atoms with Gasteiger partial charge in [-0.3, -0.25) is 0 Å². The van der Waals surface area contributed by atoms with Crippen LogP contribution in [0.4, 0.5) is 13.2 Å². The Morgan fingerprint density at radius 2 is 2.20 bits per heavy atom. The first-order valence-corrected chi connectivity index (χ1v) is 4.63. The topological polar surface area (TPSA) is 39.9 Å². The van der Waals surface area contributed by atoms with Crippen molar-refractivity contribution in [2.24, 2.45) is 0 Å². The smallest absolute Gasteiger partial charge is 0.370 e. The van der Waals surface area contributed by atoms with Gasteiger partial charge < -0.3 is 4.74 Å². The molecule has 1 heterocycles. The zero-order chi connectivity index (χ0) is 11.3. The van der Waals surface area contributed by atoms with Crippen molar-refractivity contribution in [3.8, 4) is 0 Å². The summed E-state index contributed by atoms with van der Waals surface area (Å²) < 4.78 is 40.9. The van der Waals surface area contributed by atoms with Crippen LogP contribution in [0.5, 0.6) is 0 Å². The minimum Gasteiger partial charge on any atom is -0.370 e. The van der Waals surface area contributed by atoms with Crippen LogP contribution in [0, 0.1) is 0 Å². The first kappa shape index (κ1) is 12.3. The summed E-state index contributed by atoms with van der Waals surface area (Å²) in [5.74, 6) is 0.673. The van der Waals surface area contributed by atoms with Crippen LogP contribution in [-0.4, -0.2) is 34.2 Å². The van der Waals surface area contributed by atoms with Gasteiger partial charge in [0.2, 0.25) is 0 Å². The van der Waals surface area contributed by atoms with E-state index in [-0.39, 0.29) is 19.0 Å². The Labute approximate surface area is 89.0 Å². The summed E-state index contributed by atoms with van der Waals surface area (Å²) in [6.45, 7) is -1.12. The second-order valence-corrected chi connectivity index (χ2v) is 2.97. The summed E-state index contributed by atoms with van der Waals surface area (Å²) in [7, 11) is 0. The van der Waals surface area contributed by atoms with Crippen LogP contribution >= 0.6 is 11.6 Å². The second-order valence-electron chi connectivity index (χ2n) is 2.70. The standard InChI is InChI=1S/C7H9ClF3N3O/c8-3-6-12-5-13-14(6)1-2-15-4-7(9,10)11/h5H,1-4H2. The SMILES string of the molecule is FC(F)(F)COCCn1ncnc1CCl. The zero-order valence-electron chi connectivity index (χ0n) is 7.67. The summed E-state index contributed by atoms with van der Waals surface area (Å²) in [5, 5.41) is 3.78. The van der Waals surface area contributed by atoms with Crippen LogP contribution in [0.1, 0.15) is 5.82 Å². The molecule has 0 aliphatic carbocycles. The Bertz CT molecular complexity index is 302. The number of ether oxygens (including phenoxy) is 1. The van der Waals surface area contributed by atoms with Gasteiger partial charge in [0.15, 0.2) is 0 Å². The minimum absolute atomic E-state index is 0.0766.